The Morgan fingerprint density at radius 3 is 1.07 bits per heavy atom. The second-order valence-electron chi connectivity index (χ2n) is 18.9. The van der Waals surface area contributed by atoms with Crippen molar-refractivity contribution in [1.29, 1.82) is 0 Å². The van der Waals surface area contributed by atoms with Gasteiger partial charge >= 0.3 is 17.9 Å². The number of esters is 3. The van der Waals surface area contributed by atoms with E-state index in [1.54, 1.807) is 0 Å². The zero-order chi connectivity index (χ0) is 50.0. The molecule has 6 nitrogen and oxygen atoms in total. The summed E-state index contributed by atoms with van der Waals surface area (Å²) in [6, 6.07) is 0. The first-order valence-electron chi connectivity index (χ1n) is 28.8. The molecule has 0 fully saturated rings. The molecule has 0 saturated heterocycles. The van der Waals surface area contributed by atoms with Crippen LogP contribution in [0.4, 0.5) is 0 Å². The molecule has 0 aromatic heterocycles. The molecule has 0 aliphatic carbocycles. The van der Waals surface area contributed by atoms with E-state index in [1.807, 2.05) is 0 Å². The van der Waals surface area contributed by atoms with Crippen molar-refractivity contribution in [3.8, 4) is 0 Å². The van der Waals surface area contributed by atoms with E-state index in [1.165, 1.54) is 109 Å². The minimum absolute atomic E-state index is 0.0952. The zero-order valence-corrected chi connectivity index (χ0v) is 45.0. The van der Waals surface area contributed by atoms with Crippen molar-refractivity contribution in [2.24, 2.45) is 0 Å². The van der Waals surface area contributed by atoms with Crippen LogP contribution in [0.15, 0.2) is 97.2 Å². The van der Waals surface area contributed by atoms with Crippen LogP contribution in [0.3, 0.4) is 0 Å². The normalized spacial score (nSPS) is 12.8. The van der Waals surface area contributed by atoms with Crippen LogP contribution in [-0.2, 0) is 28.6 Å². The Bertz CT molecular complexity index is 1380. The van der Waals surface area contributed by atoms with E-state index in [0.717, 1.165) is 116 Å². The standard InChI is InChI=1S/C63H106O6/c1-4-7-10-13-16-19-22-25-28-30-32-34-35-38-41-44-47-50-53-56-62(65)68-59-60(58-67-61(64)55-52-49-46-43-40-37-27-24-21-18-15-12-9-6-3)69-63(66)57-54-51-48-45-42-39-36-33-31-29-26-23-20-17-14-11-8-5-2/h7,10,16-17,19-20,23,25-26,28-29,31,33,36-37,40,60H,4-6,8-9,11-15,18,21-22,24,27,30,32,34-35,38-39,41-59H2,1-3H3/b10-7-,19-16-,20-17-,26-23-,28-25-,31-29-,36-33-,40-37-. The molecule has 0 aliphatic rings. The Hall–Kier alpha value is -3.67. The monoisotopic (exact) mass is 959 g/mol. The van der Waals surface area contributed by atoms with Gasteiger partial charge in [-0.05, 0) is 103 Å². The molecule has 394 valence electrons. The maximum atomic E-state index is 12.9. The first-order chi connectivity index (χ1) is 34.0. The molecule has 6 heteroatoms. The SMILES string of the molecule is CC/C=C\C/C=C\C/C=C\CCCCCCCCCCCC(=O)OCC(COC(=O)CCCCC/C=C\CCCCCCCCC)OC(=O)CCCCCCC\C=C/C=C\C=C/C=C\CCCCC. The molecule has 1 unspecified atom stereocenters. The number of carbonyl (C=O) groups excluding carboxylic acids is 3. The van der Waals surface area contributed by atoms with Gasteiger partial charge in [-0.15, -0.1) is 0 Å². The third-order valence-corrected chi connectivity index (χ3v) is 12.1. The molecule has 0 rings (SSSR count). The van der Waals surface area contributed by atoms with Crippen LogP contribution in [-0.4, -0.2) is 37.2 Å². The molecule has 0 aromatic rings. The second kappa shape index (κ2) is 56.9. The Balaban J connectivity index is 4.46. The number of carbonyl (C=O) groups is 3. The van der Waals surface area contributed by atoms with Gasteiger partial charge < -0.3 is 14.2 Å². The molecule has 69 heavy (non-hydrogen) atoms. The maximum absolute atomic E-state index is 12.9. The van der Waals surface area contributed by atoms with Crippen molar-refractivity contribution in [1.82, 2.24) is 0 Å². The molecule has 0 aliphatic heterocycles. The highest BCUT2D eigenvalue weighted by atomic mass is 16.6. The van der Waals surface area contributed by atoms with Gasteiger partial charge in [0.2, 0.25) is 0 Å². The lowest BCUT2D eigenvalue weighted by Gasteiger charge is -2.18. The molecule has 0 N–H and O–H groups in total. The number of rotatable bonds is 51. The summed E-state index contributed by atoms with van der Waals surface area (Å²) in [4.78, 5) is 38.2. The predicted octanol–water partition coefficient (Wildman–Crippen LogP) is 19.3. The quantitative estimate of drug-likeness (QED) is 0.0199. The molecule has 0 saturated carbocycles. The minimum Gasteiger partial charge on any atom is -0.462 e. The van der Waals surface area contributed by atoms with Crippen molar-refractivity contribution in [3.05, 3.63) is 97.2 Å². The van der Waals surface area contributed by atoms with E-state index in [0.29, 0.717) is 19.3 Å². The number of ether oxygens (including phenoxy) is 3. The summed E-state index contributed by atoms with van der Waals surface area (Å²) >= 11 is 0. The molecule has 0 aromatic carbocycles. The summed E-state index contributed by atoms with van der Waals surface area (Å²) < 4.78 is 16.8. The van der Waals surface area contributed by atoms with Crippen molar-refractivity contribution in [2.75, 3.05) is 13.2 Å². The number of unbranched alkanes of at least 4 members (excludes halogenated alkanes) is 27. The number of hydrogen-bond acceptors (Lipinski definition) is 6. The molecule has 0 heterocycles. The van der Waals surface area contributed by atoms with E-state index in [-0.39, 0.29) is 31.1 Å². The van der Waals surface area contributed by atoms with E-state index in [9.17, 15) is 14.4 Å². The van der Waals surface area contributed by atoms with Gasteiger partial charge in [0.25, 0.3) is 0 Å². The topological polar surface area (TPSA) is 78.9 Å². The van der Waals surface area contributed by atoms with E-state index in [2.05, 4.69) is 118 Å². The molecular weight excluding hydrogens is 853 g/mol. The lowest BCUT2D eigenvalue weighted by Crippen LogP contribution is -2.30. The Morgan fingerprint density at radius 1 is 0.319 bits per heavy atom. The number of hydrogen-bond donors (Lipinski definition) is 0. The largest absolute Gasteiger partial charge is 0.462 e. The van der Waals surface area contributed by atoms with Crippen molar-refractivity contribution < 1.29 is 28.6 Å². The van der Waals surface area contributed by atoms with E-state index in [4.69, 9.17) is 14.2 Å². The fourth-order valence-electron chi connectivity index (χ4n) is 7.82. The third kappa shape index (κ3) is 55.1. The summed E-state index contributed by atoms with van der Waals surface area (Å²) in [5.41, 5.74) is 0. The van der Waals surface area contributed by atoms with Gasteiger partial charge in [-0.2, -0.15) is 0 Å². The van der Waals surface area contributed by atoms with Gasteiger partial charge in [0, 0.05) is 19.3 Å². The maximum Gasteiger partial charge on any atom is 0.306 e. The van der Waals surface area contributed by atoms with Crippen molar-refractivity contribution >= 4 is 17.9 Å². The average molecular weight is 960 g/mol. The van der Waals surface area contributed by atoms with Gasteiger partial charge in [-0.1, -0.05) is 240 Å². The Kier molecular flexibility index (Phi) is 53.9. The van der Waals surface area contributed by atoms with Crippen LogP contribution in [0.5, 0.6) is 0 Å². The Morgan fingerprint density at radius 2 is 0.623 bits per heavy atom. The Labute approximate surface area is 426 Å². The van der Waals surface area contributed by atoms with Crippen molar-refractivity contribution in [2.45, 2.75) is 271 Å². The summed E-state index contributed by atoms with van der Waals surface area (Å²) in [5, 5.41) is 0. The lowest BCUT2D eigenvalue weighted by molar-refractivity contribution is -0.167. The fraction of sp³-hybridized carbons (Fsp3) is 0.698. The second-order valence-corrected chi connectivity index (χ2v) is 18.9. The van der Waals surface area contributed by atoms with Crippen LogP contribution < -0.4 is 0 Å². The van der Waals surface area contributed by atoms with E-state index < -0.39 is 6.10 Å². The lowest BCUT2D eigenvalue weighted by atomic mass is 10.1. The average Bonchev–Trinajstić information content (AvgIpc) is 3.35. The third-order valence-electron chi connectivity index (χ3n) is 12.1. The van der Waals surface area contributed by atoms with Crippen LogP contribution in [0.2, 0.25) is 0 Å². The summed E-state index contributed by atoms with van der Waals surface area (Å²) in [7, 11) is 0. The van der Waals surface area contributed by atoms with Gasteiger partial charge in [0.15, 0.2) is 6.10 Å². The molecule has 0 bridgehead atoms. The summed E-state index contributed by atoms with van der Waals surface area (Å²) in [6.07, 6.45) is 75.3. The molecule has 0 amide bonds. The predicted molar refractivity (Wildman–Crippen MR) is 297 cm³/mol. The van der Waals surface area contributed by atoms with E-state index >= 15 is 0 Å². The van der Waals surface area contributed by atoms with Crippen LogP contribution >= 0.6 is 0 Å². The van der Waals surface area contributed by atoms with Gasteiger partial charge in [0.05, 0.1) is 0 Å². The number of allylic oxidation sites excluding steroid dienone is 16. The first-order valence-corrected chi connectivity index (χ1v) is 28.8. The summed E-state index contributed by atoms with van der Waals surface area (Å²) in [6.45, 7) is 6.46. The van der Waals surface area contributed by atoms with Crippen LogP contribution in [0, 0.1) is 0 Å². The van der Waals surface area contributed by atoms with Gasteiger partial charge in [-0.3, -0.25) is 14.4 Å². The zero-order valence-electron chi connectivity index (χ0n) is 45.0. The highest BCUT2D eigenvalue weighted by molar-refractivity contribution is 5.71. The van der Waals surface area contributed by atoms with Crippen LogP contribution in [0.25, 0.3) is 0 Å². The molecular formula is C63H106O6. The molecule has 0 radical (unpaired) electrons. The molecule has 0 spiro atoms. The molecule has 1 atom stereocenters. The first kappa shape index (κ1) is 65.3. The van der Waals surface area contributed by atoms with Crippen LogP contribution in [0.1, 0.15) is 265 Å². The minimum atomic E-state index is -0.800. The summed E-state index contributed by atoms with van der Waals surface area (Å²) in [5.74, 6) is -0.936. The van der Waals surface area contributed by atoms with Gasteiger partial charge in [0.1, 0.15) is 13.2 Å². The van der Waals surface area contributed by atoms with Crippen molar-refractivity contribution in [3.63, 3.8) is 0 Å². The smallest absolute Gasteiger partial charge is 0.306 e. The fourth-order valence-corrected chi connectivity index (χ4v) is 7.82. The highest BCUT2D eigenvalue weighted by Crippen LogP contribution is 2.15. The van der Waals surface area contributed by atoms with Gasteiger partial charge in [-0.25, -0.2) is 0 Å². The highest BCUT2D eigenvalue weighted by Gasteiger charge is 2.19.